The molecule has 0 atom stereocenters. The number of sulfone groups is 1. The van der Waals surface area contributed by atoms with Gasteiger partial charge in [-0.15, -0.1) is 0 Å². The molecule has 0 aliphatic heterocycles. The summed E-state index contributed by atoms with van der Waals surface area (Å²) in [5, 5.41) is 15.1. The van der Waals surface area contributed by atoms with E-state index in [4.69, 9.17) is 5.11 Å². The second-order valence-corrected chi connectivity index (χ2v) is 7.18. The number of nitrogens with one attached hydrogen (secondary N) is 1. The summed E-state index contributed by atoms with van der Waals surface area (Å²) >= 11 is 0. The predicted molar refractivity (Wildman–Crippen MR) is 86.7 cm³/mol. The first-order chi connectivity index (χ1) is 11.2. The topological polar surface area (TPSA) is 118 Å². The van der Waals surface area contributed by atoms with Gasteiger partial charge in [-0.05, 0) is 24.1 Å². The van der Waals surface area contributed by atoms with Gasteiger partial charge < -0.3 is 10.4 Å². The van der Waals surface area contributed by atoms with Gasteiger partial charge in [-0.1, -0.05) is 13.0 Å². The summed E-state index contributed by atoms with van der Waals surface area (Å²) < 4.78 is 24.9. The number of nitrogens with zero attached hydrogens (tertiary/aromatic N) is 2. The number of carboxylic acid groups (broad SMARTS) is 1. The van der Waals surface area contributed by atoms with E-state index in [0.717, 1.165) is 6.26 Å². The Bertz CT molecular complexity index is 886. The van der Waals surface area contributed by atoms with Crippen molar-refractivity contribution in [2.24, 2.45) is 0 Å². The molecule has 2 rings (SSSR count). The van der Waals surface area contributed by atoms with Crippen molar-refractivity contribution in [1.29, 1.82) is 0 Å². The van der Waals surface area contributed by atoms with Crippen molar-refractivity contribution in [3.05, 3.63) is 41.6 Å². The second kappa shape index (κ2) is 6.83. The number of carbonyl (C=O) groups excluding carboxylic acids is 1. The first-order valence-electron chi connectivity index (χ1n) is 7.10. The highest BCUT2D eigenvalue weighted by atomic mass is 32.2. The molecule has 1 heterocycles. The molecule has 8 nitrogen and oxygen atoms in total. The van der Waals surface area contributed by atoms with Gasteiger partial charge in [0.15, 0.2) is 15.7 Å². The van der Waals surface area contributed by atoms with Crippen molar-refractivity contribution < 1.29 is 23.1 Å². The van der Waals surface area contributed by atoms with Gasteiger partial charge in [0.05, 0.1) is 4.90 Å². The highest BCUT2D eigenvalue weighted by Crippen LogP contribution is 2.19. The van der Waals surface area contributed by atoms with Gasteiger partial charge in [0.2, 0.25) is 0 Å². The summed E-state index contributed by atoms with van der Waals surface area (Å²) in [5.74, 6) is -1.39. The van der Waals surface area contributed by atoms with E-state index in [2.05, 4.69) is 10.4 Å². The third kappa shape index (κ3) is 4.19. The van der Waals surface area contributed by atoms with E-state index in [1.807, 2.05) is 6.92 Å². The van der Waals surface area contributed by atoms with E-state index in [9.17, 15) is 18.0 Å². The van der Waals surface area contributed by atoms with Crippen molar-refractivity contribution >= 4 is 27.5 Å². The third-order valence-corrected chi connectivity index (χ3v) is 4.47. The Hall–Kier alpha value is -2.68. The number of aryl methyl sites for hydroxylation is 1. The van der Waals surface area contributed by atoms with Gasteiger partial charge in [-0.25, -0.2) is 8.42 Å². The SMILES string of the molecule is CCc1ccc(C(=O)Nc2ccn(CC(=O)O)n2)cc1S(C)(=O)=O. The van der Waals surface area contributed by atoms with E-state index in [1.165, 1.54) is 29.1 Å². The molecule has 24 heavy (non-hydrogen) atoms. The van der Waals surface area contributed by atoms with Gasteiger partial charge in [0, 0.05) is 24.1 Å². The van der Waals surface area contributed by atoms with E-state index < -0.39 is 21.7 Å². The molecule has 0 radical (unpaired) electrons. The molecule has 0 aliphatic carbocycles. The smallest absolute Gasteiger partial charge is 0.325 e. The lowest BCUT2D eigenvalue weighted by atomic mass is 10.1. The van der Waals surface area contributed by atoms with E-state index in [0.29, 0.717) is 12.0 Å². The molecule has 2 aromatic rings. The average Bonchev–Trinajstić information content (AvgIpc) is 2.91. The molecule has 1 amide bonds. The fourth-order valence-corrected chi connectivity index (χ4v) is 3.21. The van der Waals surface area contributed by atoms with Crippen LogP contribution in [0.2, 0.25) is 0 Å². The second-order valence-electron chi connectivity index (χ2n) is 5.19. The number of aliphatic carboxylic acids is 1. The van der Waals surface area contributed by atoms with Crippen LogP contribution in [0.4, 0.5) is 5.82 Å². The molecule has 9 heteroatoms. The highest BCUT2D eigenvalue weighted by molar-refractivity contribution is 7.90. The Morgan fingerprint density at radius 1 is 1.29 bits per heavy atom. The van der Waals surface area contributed by atoms with E-state index in [1.54, 1.807) is 6.07 Å². The molecular formula is C15H17N3O5S. The lowest BCUT2D eigenvalue weighted by Gasteiger charge is -2.09. The molecule has 1 aromatic heterocycles. The van der Waals surface area contributed by atoms with Crippen molar-refractivity contribution in [3.8, 4) is 0 Å². The monoisotopic (exact) mass is 351 g/mol. The summed E-state index contributed by atoms with van der Waals surface area (Å²) in [4.78, 5) is 23.0. The first-order valence-corrected chi connectivity index (χ1v) is 8.99. The van der Waals surface area contributed by atoms with Crippen LogP contribution in [0.25, 0.3) is 0 Å². The maximum Gasteiger partial charge on any atom is 0.325 e. The average molecular weight is 351 g/mol. The minimum atomic E-state index is -3.45. The van der Waals surface area contributed by atoms with Crippen LogP contribution in [0, 0.1) is 0 Å². The highest BCUT2D eigenvalue weighted by Gasteiger charge is 2.16. The molecule has 0 unspecified atom stereocenters. The fraction of sp³-hybridized carbons (Fsp3) is 0.267. The van der Waals surface area contributed by atoms with Gasteiger partial charge >= 0.3 is 5.97 Å². The van der Waals surface area contributed by atoms with Crippen LogP contribution in [0.5, 0.6) is 0 Å². The lowest BCUT2D eigenvalue weighted by molar-refractivity contribution is -0.137. The summed E-state index contributed by atoms with van der Waals surface area (Å²) in [7, 11) is -3.45. The molecular weight excluding hydrogens is 334 g/mol. The minimum absolute atomic E-state index is 0.119. The zero-order valence-electron chi connectivity index (χ0n) is 13.2. The van der Waals surface area contributed by atoms with Crippen LogP contribution < -0.4 is 5.32 Å². The number of rotatable bonds is 6. The first kappa shape index (κ1) is 17.7. The molecule has 0 saturated heterocycles. The Balaban J connectivity index is 2.24. The molecule has 128 valence electrons. The Labute approximate surface area is 139 Å². The predicted octanol–water partition coefficient (Wildman–Crippen LogP) is 1.19. The number of amides is 1. The van der Waals surface area contributed by atoms with Gasteiger partial charge in [0.1, 0.15) is 6.54 Å². The van der Waals surface area contributed by atoms with E-state index >= 15 is 0 Å². The summed E-state index contributed by atoms with van der Waals surface area (Å²) in [5.41, 5.74) is 0.820. The Morgan fingerprint density at radius 2 is 2.00 bits per heavy atom. The Kier molecular flexibility index (Phi) is 5.03. The van der Waals surface area contributed by atoms with Crippen LogP contribution in [-0.4, -0.2) is 41.4 Å². The molecule has 0 saturated carbocycles. The number of aromatic nitrogens is 2. The van der Waals surface area contributed by atoms with Crippen molar-refractivity contribution in [3.63, 3.8) is 0 Å². The summed E-state index contributed by atoms with van der Waals surface area (Å²) in [6.45, 7) is 1.51. The quantitative estimate of drug-likeness (QED) is 0.807. The molecule has 0 spiro atoms. The van der Waals surface area contributed by atoms with Crippen LogP contribution >= 0.6 is 0 Å². The van der Waals surface area contributed by atoms with Crippen LogP contribution in [0.15, 0.2) is 35.4 Å². The van der Waals surface area contributed by atoms with Crippen molar-refractivity contribution in [2.75, 3.05) is 11.6 Å². The van der Waals surface area contributed by atoms with Crippen LogP contribution in [-0.2, 0) is 27.6 Å². The standard InChI is InChI=1S/C15H17N3O5S/c1-3-10-4-5-11(8-12(10)24(2,22)23)15(21)16-13-6-7-18(17-13)9-14(19)20/h4-8H,3,9H2,1-2H3,(H,19,20)(H,16,17,21). The zero-order valence-corrected chi connectivity index (χ0v) is 14.0. The van der Waals surface area contributed by atoms with Crippen LogP contribution in [0.1, 0.15) is 22.8 Å². The maximum absolute atomic E-state index is 12.3. The molecule has 0 fully saturated rings. The van der Waals surface area contributed by atoms with Crippen LogP contribution in [0.3, 0.4) is 0 Å². The number of carboxylic acids is 1. The van der Waals surface area contributed by atoms with Crippen molar-refractivity contribution in [1.82, 2.24) is 9.78 Å². The normalized spacial score (nSPS) is 11.2. The number of anilines is 1. The maximum atomic E-state index is 12.3. The zero-order chi connectivity index (χ0) is 17.9. The van der Waals surface area contributed by atoms with E-state index in [-0.39, 0.29) is 22.8 Å². The number of hydrogen-bond donors (Lipinski definition) is 2. The molecule has 1 aromatic carbocycles. The number of hydrogen-bond acceptors (Lipinski definition) is 5. The van der Waals surface area contributed by atoms with Gasteiger partial charge in [-0.2, -0.15) is 5.10 Å². The largest absolute Gasteiger partial charge is 0.480 e. The summed E-state index contributed by atoms with van der Waals surface area (Å²) in [6, 6.07) is 5.93. The van der Waals surface area contributed by atoms with Crippen molar-refractivity contribution in [2.45, 2.75) is 24.8 Å². The molecule has 0 aliphatic rings. The number of carbonyl (C=O) groups is 2. The summed E-state index contributed by atoms with van der Waals surface area (Å²) in [6.07, 6.45) is 3.05. The minimum Gasteiger partial charge on any atom is -0.480 e. The lowest BCUT2D eigenvalue weighted by Crippen LogP contribution is -2.15. The Morgan fingerprint density at radius 3 is 2.58 bits per heavy atom. The molecule has 0 bridgehead atoms. The number of benzene rings is 1. The fourth-order valence-electron chi connectivity index (χ4n) is 2.18. The molecule has 2 N–H and O–H groups in total. The third-order valence-electron chi connectivity index (χ3n) is 3.29. The van der Waals surface area contributed by atoms with Gasteiger partial charge in [-0.3, -0.25) is 14.3 Å². The van der Waals surface area contributed by atoms with Gasteiger partial charge in [0.25, 0.3) is 5.91 Å².